The minimum Gasteiger partial charge on any atom is -0.392 e. The highest BCUT2D eigenvalue weighted by Crippen LogP contribution is 2.38. The lowest BCUT2D eigenvalue weighted by Crippen LogP contribution is -1.94. The summed E-state index contributed by atoms with van der Waals surface area (Å²) in [5, 5.41) is 14.5. The Morgan fingerprint density at radius 1 is 0.739 bits per heavy atom. The van der Waals surface area contributed by atoms with Crippen molar-refractivity contribution in [2.24, 2.45) is 0 Å². The maximum Gasteiger partial charge on any atom is 0.0688 e. The fourth-order valence-electron chi connectivity index (χ4n) is 3.36. The molecular weight excluding hydrogens is 280 g/mol. The topological polar surface area (TPSA) is 20.2 Å². The molecule has 1 heteroatoms. The standard InChI is InChI=1S/C22H18O/c1-15-10-11-16-6-2-4-8-19(16)21(15)22-18(14-23)13-12-17-7-3-5-9-20(17)22/h2-13,23H,14H2,1H3/i1D. The van der Waals surface area contributed by atoms with Gasteiger partial charge in [-0.15, -0.1) is 0 Å². The molecule has 1 N–H and O–H groups in total. The lowest BCUT2D eigenvalue weighted by molar-refractivity contribution is 0.282. The molecule has 0 saturated heterocycles. The summed E-state index contributed by atoms with van der Waals surface area (Å²) in [7, 11) is 0. The molecule has 0 amide bonds. The fraction of sp³-hybridized carbons (Fsp3) is 0.0909. The van der Waals surface area contributed by atoms with Crippen LogP contribution in [0.5, 0.6) is 0 Å². The van der Waals surface area contributed by atoms with E-state index in [1.807, 2.05) is 36.4 Å². The van der Waals surface area contributed by atoms with E-state index in [2.05, 4.69) is 36.4 Å². The van der Waals surface area contributed by atoms with E-state index in [1.165, 1.54) is 0 Å². The fourth-order valence-corrected chi connectivity index (χ4v) is 3.36. The quantitative estimate of drug-likeness (QED) is 0.521. The molecule has 0 spiro atoms. The average molecular weight is 299 g/mol. The van der Waals surface area contributed by atoms with Crippen molar-refractivity contribution in [2.45, 2.75) is 13.5 Å². The third kappa shape index (κ3) is 2.21. The van der Waals surface area contributed by atoms with Gasteiger partial charge in [-0.1, -0.05) is 72.8 Å². The second kappa shape index (κ2) is 5.53. The molecule has 4 aromatic rings. The zero-order valence-electron chi connectivity index (χ0n) is 13.8. The predicted molar refractivity (Wildman–Crippen MR) is 97.5 cm³/mol. The van der Waals surface area contributed by atoms with Crippen LogP contribution < -0.4 is 0 Å². The molecule has 23 heavy (non-hydrogen) atoms. The van der Waals surface area contributed by atoms with Crippen LogP contribution in [0.15, 0.2) is 72.8 Å². The number of fused-ring (bicyclic) bond motifs is 2. The van der Waals surface area contributed by atoms with Crippen LogP contribution in [0.3, 0.4) is 0 Å². The van der Waals surface area contributed by atoms with E-state index in [9.17, 15) is 5.11 Å². The molecule has 0 fully saturated rings. The second-order valence-electron chi connectivity index (χ2n) is 5.80. The van der Waals surface area contributed by atoms with E-state index in [0.29, 0.717) is 0 Å². The van der Waals surface area contributed by atoms with Crippen molar-refractivity contribution < 1.29 is 6.48 Å². The third-order valence-corrected chi connectivity index (χ3v) is 4.45. The molecule has 0 aliphatic rings. The first kappa shape index (κ1) is 12.9. The largest absolute Gasteiger partial charge is 0.392 e. The van der Waals surface area contributed by atoms with Crippen LogP contribution in [0.4, 0.5) is 0 Å². The van der Waals surface area contributed by atoms with E-state index in [0.717, 1.165) is 43.8 Å². The Hall–Kier alpha value is -2.64. The maximum atomic E-state index is 9.93. The van der Waals surface area contributed by atoms with Crippen LogP contribution in [0.25, 0.3) is 32.7 Å². The highest BCUT2D eigenvalue weighted by molar-refractivity contribution is 6.07. The van der Waals surface area contributed by atoms with E-state index in [4.69, 9.17) is 1.37 Å². The SMILES string of the molecule is [2H]Cc1ccc2ccccc2c1-c1c(CO)ccc2ccccc12. The number of rotatable bonds is 2. The number of aliphatic hydroxyl groups excluding tert-OH is 1. The number of aryl methyl sites for hydroxylation is 1. The van der Waals surface area contributed by atoms with Gasteiger partial charge in [0.05, 0.1) is 6.61 Å². The van der Waals surface area contributed by atoms with Gasteiger partial charge in [-0.25, -0.2) is 0 Å². The maximum absolute atomic E-state index is 9.93. The summed E-state index contributed by atoms with van der Waals surface area (Å²) in [6.07, 6.45) is 0. The molecule has 0 atom stereocenters. The number of hydrogen-bond donors (Lipinski definition) is 1. The molecule has 0 heterocycles. The molecule has 0 bridgehead atoms. The van der Waals surface area contributed by atoms with Gasteiger partial charge < -0.3 is 5.11 Å². The summed E-state index contributed by atoms with van der Waals surface area (Å²) < 4.78 is 7.98. The Morgan fingerprint density at radius 2 is 1.35 bits per heavy atom. The zero-order valence-corrected chi connectivity index (χ0v) is 12.8. The minimum absolute atomic E-state index is 0.0131. The Bertz CT molecular complexity index is 951. The van der Waals surface area contributed by atoms with Crippen LogP contribution in [0, 0.1) is 6.90 Å². The summed E-state index contributed by atoms with van der Waals surface area (Å²) in [6, 6.07) is 24.7. The summed E-state index contributed by atoms with van der Waals surface area (Å²) >= 11 is 0. The molecule has 0 aliphatic carbocycles. The first-order valence-electron chi connectivity index (χ1n) is 8.46. The number of benzene rings is 4. The van der Waals surface area contributed by atoms with Crippen LogP contribution in [-0.4, -0.2) is 5.11 Å². The van der Waals surface area contributed by atoms with Gasteiger partial charge in [-0.2, -0.15) is 0 Å². The third-order valence-electron chi connectivity index (χ3n) is 4.45. The summed E-state index contributed by atoms with van der Waals surface area (Å²) in [5.41, 5.74) is 4.01. The molecular formula is C22H18O. The Kier molecular flexibility index (Phi) is 3.09. The van der Waals surface area contributed by atoms with Gasteiger partial charge >= 0.3 is 0 Å². The van der Waals surface area contributed by atoms with E-state index in [-0.39, 0.29) is 13.5 Å². The minimum atomic E-state index is -0.0131. The summed E-state index contributed by atoms with van der Waals surface area (Å²) in [4.78, 5) is 0. The van der Waals surface area contributed by atoms with Gasteiger partial charge in [0.15, 0.2) is 0 Å². The molecule has 0 saturated carbocycles. The highest BCUT2D eigenvalue weighted by Gasteiger charge is 2.14. The van der Waals surface area contributed by atoms with Crippen molar-refractivity contribution in [1.82, 2.24) is 0 Å². The van der Waals surface area contributed by atoms with Gasteiger partial charge in [-0.05, 0) is 50.7 Å². The van der Waals surface area contributed by atoms with Crippen LogP contribution in [0.2, 0.25) is 0 Å². The Balaban J connectivity index is 2.21. The van der Waals surface area contributed by atoms with Gasteiger partial charge in [0.1, 0.15) is 0 Å². The first-order chi connectivity index (χ1) is 11.8. The highest BCUT2D eigenvalue weighted by atomic mass is 16.3. The zero-order chi connectivity index (χ0) is 16.5. The van der Waals surface area contributed by atoms with E-state index in [1.54, 1.807) is 0 Å². The second-order valence-corrected chi connectivity index (χ2v) is 5.80. The lowest BCUT2D eigenvalue weighted by atomic mass is 9.88. The van der Waals surface area contributed by atoms with Crippen LogP contribution >= 0.6 is 0 Å². The van der Waals surface area contributed by atoms with Gasteiger partial charge in [0, 0.05) is 1.37 Å². The van der Waals surface area contributed by atoms with E-state index < -0.39 is 0 Å². The molecule has 0 aromatic heterocycles. The van der Waals surface area contributed by atoms with E-state index >= 15 is 0 Å². The predicted octanol–water partition coefficient (Wildman–Crippen LogP) is 5.46. The van der Waals surface area contributed by atoms with Crippen molar-refractivity contribution in [3.05, 3.63) is 83.9 Å². The summed E-state index contributed by atoms with van der Waals surface area (Å²) in [6.45, 7) is 0.203. The molecule has 0 unspecified atom stereocenters. The average Bonchev–Trinajstić information content (AvgIpc) is 2.66. The van der Waals surface area contributed by atoms with Gasteiger partial charge in [0.25, 0.3) is 0 Å². The number of hydrogen-bond acceptors (Lipinski definition) is 1. The Labute approximate surface area is 137 Å². The molecule has 4 rings (SSSR count). The molecule has 112 valence electrons. The first-order valence-corrected chi connectivity index (χ1v) is 7.75. The van der Waals surface area contributed by atoms with Crippen molar-refractivity contribution in [3.63, 3.8) is 0 Å². The van der Waals surface area contributed by atoms with Crippen LogP contribution in [0.1, 0.15) is 12.5 Å². The molecule has 0 aliphatic heterocycles. The van der Waals surface area contributed by atoms with Crippen molar-refractivity contribution >= 4 is 21.5 Å². The normalized spacial score (nSPS) is 11.8. The summed E-state index contributed by atoms with van der Waals surface area (Å²) in [5.74, 6) is 0. The van der Waals surface area contributed by atoms with Gasteiger partial charge in [0.2, 0.25) is 0 Å². The smallest absolute Gasteiger partial charge is 0.0688 e. The Morgan fingerprint density at radius 3 is 2.00 bits per heavy atom. The monoisotopic (exact) mass is 299 g/mol. The van der Waals surface area contributed by atoms with Crippen molar-refractivity contribution in [3.8, 4) is 11.1 Å². The lowest BCUT2D eigenvalue weighted by Gasteiger charge is -2.17. The molecule has 0 radical (unpaired) electrons. The molecule has 1 nitrogen and oxygen atoms in total. The number of aliphatic hydroxyl groups is 1. The van der Waals surface area contributed by atoms with Crippen LogP contribution in [-0.2, 0) is 6.61 Å². The van der Waals surface area contributed by atoms with Crippen molar-refractivity contribution in [2.75, 3.05) is 0 Å². The molecule has 4 aromatic carbocycles. The van der Waals surface area contributed by atoms with Gasteiger partial charge in [-0.3, -0.25) is 0 Å². The van der Waals surface area contributed by atoms with Crippen molar-refractivity contribution in [1.29, 1.82) is 0 Å².